The van der Waals surface area contributed by atoms with E-state index >= 15 is 4.39 Å². The zero-order valence-corrected chi connectivity index (χ0v) is 22.0. The molecule has 0 fully saturated rings. The van der Waals surface area contributed by atoms with Crippen LogP contribution in [0, 0.1) is 12.7 Å². The van der Waals surface area contributed by atoms with Crippen LogP contribution in [-0.4, -0.2) is 43.6 Å². The van der Waals surface area contributed by atoms with Gasteiger partial charge in [0, 0.05) is 37.7 Å². The molecule has 0 spiro atoms. The minimum atomic E-state index is -0.985. The fourth-order valence-electron chi connectivity index (χ4n) is 5.32. The Kier molecular flexibility index (Phi) is 7.42. The van der Waals surface area contributed by atoms with Gasteiger partial charge in [0.2, 0.25) is 0 Å². The molecule has 5 rings (SSSR count). The molecule has 0 saturated carbocycles. The summed E-state index contributed by atoms with van der Waals surface area (Å²) in [5, 5.41) is 17.8. The Bertz CT molecular complexity index is 1470. The molecule has 0 aliphatic carbocycles. The number of aromatic nitrogens is 3. The number of carbonyl (C=O) groups is 1. The fraction of sp³-hybridized carbons (Fsp3) is 0.367. The van der Waals surface area contributed by atoms with Crippen LogP contribution in [0.3, 0.4) is 0 Å². The van der Waals surface area contributed by atoms with Crippen molar-refractivity contribution in [3.05, 3.63) is 88.2 Å². The average Bonchev–Trinajstić information content (AvgIpc) is 3.24. The molecule has 0 saturated heterocycles. The first-order valence-corrected chi connectivity index (χ1v) is 13.2. The van der Waals surface area contributed by atoms with E-state index < -0.39 is 17.7 Å². The van der Waals surface area contributed by atoms with Crippen LogP contribution in [0.2, 0.25) is 0 Å². The standard InChI is InChI=1S/C30H33FN4O3/c1-4-23-18-34(16-21-8-6-7-9-27(21)38-23)17-22-14-20(11-10-19(22)3)25(15-28(36)37)24-12-13-26-30(29(24)31)32-33-35(26)5-2/h6-14,23,25H,4-5,15-18H2,1-3H3,(H,36,37)/t23-,25-/m1/s1. The van der Waals surface area contributed by atoms with Crippen molar-refractivity contribution < 1.29 is 19.0 Å². The predicted molar refractivity (Wildman–Crippen MR) is 144 cm³/mol. The van der Waals surface area contributed by atoms with Gasteiger partial charge in [-0.25, -0.2) is 9.07 Å². The minimum absolute atomic E-state index is 0.0826. The molecule has 1 aliphatic rings. The first-order chi connectivity index (χ1) is 18.4. The quantitative estimate of drug-likeness (QED) is 0.325. The number of halogens is 1. The predicted octanol–water partition coefficient (Wildman–Crippen LogP) is 5.68. The van der Waals surface area contributed by atoms with Crippen molar-refractivity contribution >= 4 is 17.0 Å². The van der Waals surface area contributed by atoms with Crippen LogP contribution in [0.15, 0.2) is 54.6 Å². The van der Waals surface area contributed by atoms with Crippen LogP contribution < -0.4 is 4.74 Å². The Morgan fingerprint density at radius 2 is 2.00 bits per heavy atom. The largest absolute Gasteiger partial charge is 0.489 e. The van der Waals surface area contributed by atoms with Gasteiger partial charge in [0.1, 0.15) is 17.4 Å². The van der Waals surface area contributed by atoms with Crippen molar-refractivity contribution in [1.82, 2.24) is 19.9 Å². The highest BCUT2D eigenvalue weighted by Crippen LogP contribution is 2.34. The molecule has 3 aromatic carbocycles. The lowest BCUT2D eigenvalue weighted by Gasteiger charge is -2.25. The van der Waals surface area contributed by atoms with Gasteiger partial charge in [0.25, 0.3) is 0 Å². The summed E-state index contributed by atoms with van der Waals surface area (Å²) in [7, 11) is 0. The van der Waals surface area contributed by atoms with Crippen molar-refractivity contribution in [2.45, 2.75) is 65.3 Å². The van der Waals surface area contributed by atoms with E-state index in [4.69, 9.17) is 4.74 Å². The SMILES string of the molecule is CC[C@@H]1CN(Cc2cc([C@@H](CC(=O)O)c3ccc4c(nnn4CC)c3F)ccc2C)Cc2ccccc2O1. The van der Waals surface area contributed by atoms with Crippen molar-refractivity contribution in [3.8, 4) is 5.75 Å². The second-order valence-corrected chi connectivity index (χ2v) is 10.0. The summed E-state index contributed by atoms with van der Waals surface area (Å²) in [6.45, 7) is 8.89. The Morgan fingerprint density at radius 3 is 2.76 bits per heavy atom. The van der Waals surface area contributed by atoms with Gasteiger partial charge >= 0.3 is 5.97 Å². The van der Waals surface area contributed by atoms with E-state index in [9.17, 15) is 9.90 Å². The molecule has 0 amide bonds. The second-order valence-electron chi connectivity index (χ2n) is 10.0. The molecule has 0 bridgehead atoms. The highest BCUT2D eigenvalue weighted by Gasteiger charge is 2.26. The smallest absolute Gasteiger partial charge is 0.304 e. The fourth-order valence-corrected chi connectivity index (χ4v) is 5.32. The first kappa shape index (κ1) is 25.9. The number of fused-ring (bicyclic) bond motifs is 2. The summed E-state index contributed by atoms with van der Waals surface area (Å²) in [5.74, 6) is -1.22. The maximum absolute atomic E-state index is 15.7. The van der Waals surface area contributed by atoms with Gasteiger partial charge in [0.15, 0.2) is 5.82 Å². The molecule has 1 aliphatic heterocycles. The van der Waals surface area contributed by atoms with E-state index in [0.717, 1.165) is 47.5 Å². The van der Waals surface area contributed by atoms with Gasteiger partial charge in [-0.05, 0) is 54.7 Å². The van der Waals surface area contributed by atoms with E-state index in [2.05, 4.69) is 35.1 Å². The van der Waals surface area contributed by atoms with E-state index in [1.54, 1.807) is 16.8 Å². The zero-order valence-electron chi connectivity index (χ0n) is 22.0. The van der Waals surface area contributed by atoms with Gasteiger partial charge in [-0.3, -0.25) is 9.69 Å². The third-order valence-electron chi connectivity index (χ3n) is 7.46. The lowest BCUT2D eigenvalue weighted by molar-refractivity contribution is -0.137. The number of rotatable bonds is 8. The number of carboxylic acids is 1. The van der Waals surface area contributed by atoms with E-state index in [1.165, 1.54) is 0 Å². The van der Waals surface area contributed by atoms with Gasteiger partial charge in [-0.15, -0.1) is 5.10 Å². The molecule has 4 aromatic rings. The minimum Gasteiger partial charge on any atom is -0.489 e. The Labute approximate surface area is 221 Å². The highest BCUT2D eigenvalue weighted by atomic mass is 19.1. The molecule has 38 heavy (non-hydrogen) atoms. The van der Waals surface area contributed by atoms with Crippen molar-refractivity contribution in [2.75, 3.05) is 6.54 Å². The number of benzene rings is 3. The van der Waals surface area contributed by atoms with Crippen molar-refractivity contribution in [3.63, 3.8) is 0 Å². The average molecular weight is 517 g/mol. The van der Waals surface area contributed by atoms with Crippen LogP contribution in [-0.2, 0) is 24.4 Å². The van der Waals surface area contributed by atoms with Crippen LogP contribution >= 0.6 is 0 Å². The van der Waals surface area contributed by atoms with E-state index in [1.807, 2.05) is 43.3 Å². The third-order valence-corrected chi connectivity index (χ3v) is 7.46. The molecule has 1 N–H and O–H groups in total. The second kappa shape index (κ2) is 10.9. The maximum atomic E-state index is 15.7. The highest BCUT2D eigenvalue weighted by molar-refractivity contribution is 5.77. The first-order valence-electron chi connectivity index (χ1n) is 13.2. The monoisotopic (exact) mass is 516 g/mol. The number of aryl methyl sites for hydroxylation is 2. The number of hydrogen-bond acceptors (Lipinski definition) is 5. The summed E-state index contributed by atoms with van der Waals surface area (Å²) in [4.78, 5) is 14.3. The summed E-state index contributed by atoms with van der Waals surface area (Å²) in [6.07, 6.45) is 0.754. The number of aliphatic carboxylic acids is 1. The lowest BCUT2D eigenvalue weighted by Crippen LogP contribution is -2.32. The van der Waals surface area contributed by atoms with Crippen molar-refractivity contribution in [1.29, 1.82) is 0 Å². The molecule has 198 valence electrons. The number of carboxylic acid groups (broad SMARTS) is 1. The summed E-state index contributed by atoms with van der Waals surface area (Å²) in [6, 6.07) is 17.5. The molecule has 0 radical (unpaired) electrons. The van der Waals surface area contributed by atoms with E-state index in [-0.39, 0.29) is 18.0 Å². The molecule has 1 aromatic heterocycles. The number of nitrogens with zero attached hydrogens (tertiary/aromatic N) is 4. The Balaban J connectivity index is 1.50. The van der Waals surface area contributed by atoms with Crippen LogP contribution in [0.4, 0.5) is 4.39 Å². The number of para-hydroxylation sites is 1. The molecule has 2 heterocycles. The third kappa shape index (κ3) is 5.13. The number of hydrogen-bond donors (Lipinski definition) is 1. The summed E-state index contributed by atoms with van der Waals surface area (Å²) < 4.78 is 23.6. The molecular formula is C30H33FN4O3. The van der Waals surface area contributed by atoms with Crippen LogP contribution in [0.25, 0.3) is 11.0 Å². The van der Waals surface area contributed by atoms with Crippen LogP contribution in [0.5, 0.6) is 5.75 Å². The van der Waals surface area contributed by atoms with E-state index in [0.29, 0.717) is 24.2 Å². The lowest BCUT2D eigenvalue weighted by atomic mass is 9.86. The van der Waals surface area contributed by atoms with Gasteiger partial charge in [-0.1, -0.05) is 54.6 Å². The summed E-state index contributed by atoms with van der Waals surface area (Å²) in [5.41, 5.74) is 5.20. The zero-order chi connectivity index (χ0) is 26.8. The molecule has 7 nitrogen and oxygen atoms in total. The Morgan fingerprint density at radius 1 is 1.18 bits per heavy atom. The van der Waals surface area contributed by atoms with Crippen molar-refractivity contribution in [2.24, 2.45) is 0 Å². The van der Waals surface area contributed by atoms with Gasteiger partial charge < -0.3 is 9.84 Å². The molecule has 8 heteroatoms. The molecular weight excluding hydrogens is 483 g/mol. The van der Waals surface area contributed by atoms with Crippen LogP contribution in [0.1, 0.15) is 60.4 Å². The molecule has 0 unspecified atom stereocenters. The summed E-state index contributed by atoms with van der Waals surface area (Å²) >= 11 is 0. The normalized spacial score (nSPS) is 16.6. The Hall–Kier alpha value is -3.78. The molecule has 2 atom stereocenters. The van der Waals surface area contributed by atoms with Gasteiger partial charge in [-0.2, -0.15) is 0 Å². The van der Waals surface area contributed by atoms with Gasteiger partial charge in [0.05, 0.1) is 11.9 Å². The number of ether oxygens (including phenoxy) is 1. The topological polar surface area (TPSA) is 80.5 Å². The maximum Gasteiger partial charge on any atom is 0.304 e.